The van der Waals surface area contributed by atoms with E-state index in [0.717, 1.165) is 52.8 Å². The lowest BCUT2D eigenvalue weighted by Gasteiger charge is -2.37. The molecule has 1 fully saturated rings. The molecular weight excluding hydrogens is 460 g/mol. The fourth-order valence-electron chi connectivity index (χ4n) is 4.83. The van der Waals surface area contributed by atoms with Crippen LogP contribution >= 0.6 is 11.3 Å². The van der Waals surface area contributed by atoms with Gasteiger partial charge in [-0.25, -0.2) is 4.79 Å². The first-order chi connectivity index (χ1) is 16.6. The van der Waals surface area contributed by atoms with Gasteiger partial charge in [0.05, 0.1) is 21.8 Å². The Morgan fingerprint density at radius 3 is 2.63 bits per heavy atom. The van der Waals surface area contributed by atoms with E-state index in [1.165, 1.54) is 11.3 Å². The summed E-state index contributed by atoms with van der Waals surface area (Å²) < 4.78 is 7.32. The number of aryl methyl sites for hydroxylation is 1. The maximum atomic E-state index is 13.1. The van der Waals surface area contributed by atoms with Crippen LogP contribution in [0.25, 0.3) is 21.1 Å². The molecule has 6 nitrogen and oxygen atoms in total. The molecule has 0 saturated carbocycles. The predicted molar refractivity (Wildman–Crippen MR) is 143 cm³/mol. The second-order valence-electron chi connectivity index (χ2n) is 10.3. The second-order valence-corrected chi connectivity index (χ2v) is 11.4. The number of benzene rings is 2. The zero-order valence-electron chi connectivity index (χ0n) is 20.5. The van der Waals surface area contributed by atoms with Gasteiger partial charge in [-0.2, -0.15) is 0 Å². The summed E-state index contributed by atoms with van der Waals surface area (Å²) in [5, 5.41) is 14.4. The van der Waals surface area contributed by atoms with Crippen molar-refractivity contribution in [3.05, 3.63) is 68.7 Å². The number of nitrogens with zero attached hydrogens (tertiary/aromatic N) is 1. The van der Waals surface area contributed by atoms with E-state index in [1.54, 1.807) is 12.1 Å². The van der Waals surface area contributed by atoms with E-state index in [2.05, 4.69) is 30.1 Å². The second kappa shape index (κ2) is 8.72. The maximum absolute atomic E-state index is 13.1. The zero-order chi connectivity index (χ0) is 24.9. The molecule has 0 aliphatic carbocycles. The van der Waals surface area contributed by atoms with Gasteiger partial charge < -0.3 is 19.7 Å². The number of rotatable bonds is 5. The van der Waals surface area contributed by atoms with Gasteiger partial charge in [-0.1, -0.05) is 32.0 Å². The first kappa shape index (κ1) is 23.4. The molecule has 7 heteroatoms. The number of carbonyl (C=O) groups is 1. The molecule has 1 aliphatic rings. The molecule has 0 bridgehead atoms. The summed E-state index contributed by atoms with van der Waals surface area (Å²) in [6.07, 6.45) is 2.10. The highest BCUT2D eigenvalue weighted by Gasteiger charge is 2.27. The van der Waals surface area contributed by atoms with E-state index in [-0.39, 0.29) is 11.5 Å². The molecule has 35 heavy (non-hydrogen) atoms. The molecule has 4 aromatic rings. The molecule has 1 unspecified atom stereocenters. The Balaban J connectivity index is 1.54. The molecule has 1 atom stereocenters. The zero-order valence-corrected chi connectivity index (χ0v) is 21.3. The molecule has 0 amide bonds. The molecule has 3 heterocycles. The number of aromatic carboxylic acids is 1. The largest absolute Gasteiger partial charge is 0.477 e. The van der Waals surface area contributed by atoms with Crippen LogP contribution in [-0.4, -0.2) is 24.2 Å². The van der Waals surface area contributed by atoms with Gasteiger partial charge in [0.25, 0.3) is 0 Å². The summed E-state index contributed by atoms with van der Waals surface area (Å²) in [6.45, 7) is 10.3. The average Bonchev–Trinajstić information content (AvgIpc) is 3.25. The normalized spacial score (nSPS) is 16.5. The smallest absolute Gasteiger partial charge is 0.345 e. The van der Waals surface area contributed by atoms with E-state index < -0.39 is 5.97 Å². The minimum atomic E-state index is -0.926. The Kier molecular flexibility index (Phi) is 5.83. The molecule has 2 N–H and O–H groups in total. The van der Waals surface area contributed by atoms with Gasteiger partial charge in [0.15, 0.2) is 11.3 Å². The van der Waals surface area contributed by atoms with Crippen molar-refractivity contribution in [3.63, 3.8) is 0 Å². The van der Waals surface area contributed by atoms with E-state index in [1.807, 2.05) is 38.1 Å². The topological polar surface area (TPSA) is 82.8 Å². The van der Waals surface area contributed by atoms with Crippen molar-refractivity contribution in [1.29, 1.82) is 0 Å². The number of anilines is 2. The minimum absolute atomic E-state index is 0.0327. The third-order valence-electron chi connectivity index (χ3n) is 7.01. The lowest BCUT2D eigenvalue weighted by atomic mass is 9.83. The van der Waals surface area contributed by atoms with Gasteiger partial charge in [-0.05, 0) is 61.3 Å². The molecule has 1 saturated heterocycles. The van der Waals surface area contributed by atoms with Gasteiger partial charge in [-0.3, -0.25) is 4.79 Å². The Labute approximate surface area is 208 Å². The van der Waals surface area contributed by atoms with Crippen LogP contribution in [0.4, 0.5) is 11.6 Å². The van der Waals surface area contributed by atoms with Crippen LogP contribution in [0.5, 0.6) is 0 Å². The maximum Gasteiger partial charge on any atom is 0.345 e. The Hall–Kier alpha value is -3.32. The van der Waals surface area contributed by atoms with Crippen molar-refractivity contribution >= 4 is 49.9 Å². The monoisotopic (exact) mass is 490 g/mol. The van der Waals surface area contributed by atoms with Gasteiger partial charge >= 0.3 is 5.97 Å². The van der Waals surface area contributed by atoms with Crippen LogP contribution in [0.2, 0.25) is 0 Å². The first-order valence-corrected chi connectivity index (χ1v) is 12.8. The third-order valence-corrected chi connectivity index (χ3v) is 8.18. The van der Waals surface area contributed by atoms with E-state index in [9.17, 15) is 14.7 Å². The van der Waals surface area contributed by atoms with Crippen LogP contribution in [0, 0.1) is 12.3 Å². The summed E-state index contributed by atoms with van der Waals surface area (Å²) in [5.41, 5.74) is 3.63. The number of fused-ring (bicyclic) bond motifs is 2. The van der Waals surface area contributed by atoms with E-state index in [0.29, 0.717) is 27.1 Å². The number of hydrogen-bond donors (Lipinski definition) is 2. The number of thiophene rings is 1. The average molecular weight is 491 g/mol. The summed E-state index contributed by atoms with van der Waals surface area (Å²) in [7, 11) is 0. The fourth-order valence-corrected chi connectivity index (χ4v) is 5.80. The number of hydrogen-bond acceptors (Lipinski definition) is 6. The van der Waals surface area contributed by atoms with E-state index in [4.69, 9.17) is 4.42 Å². The number of carboxylic acid groups (broad SMARTS) is 1. The van der Waals surface area contributed by atoms with Gasteiger partial charge in [0.2, 0.25) is 0 Å². The molecule has 1 aliphatic heterocycles. The Morgan fingerprint density at radius 2 is 1.91 bits per heavy atom. The van der Waals surface area contributed by atoms with Crippen molar-refractivity contribution in [2.45, 2.75) is 46.6 Å². The van der Waals surface area contributed by atoms with Crippen LogP contribution in [-0.2, 0) is 0 Å². The van der Waals surface area contributed by atoms with Crippen molar-refractivity contribution in [2.24, 2.45) is 5.41 Å². The SMILES string of the molecule is Cc1cc(C(C)Nc2cccc3cc(C(=O)O)sc23)c2oc(N3CCC(C)(C)CC3)cc(=O)c2c1. The highest BCUT2D eigenvalue weighted by Crippen LogP contribution is 2.37. The molecule has 2 aromatic carbocycles. The fraction of sp³-hybridized carbons (Fsp3) is 0.357. The van der Waals surface area contributed by atoms with Crippen LogP contribution in [0.15, 0.2) is 51.7 Å². The van der Waals surface area contributed by atoms with Gasteiger partial charge in [0.1, 0.15) is 10.5 Å². The van der Waals surface area contributed by atoms with E-state index >= 15 is 0 Å². The molecule has 5 rings (SSSR count). The van der Waals surface area contributed by atoms with Gasteiger partial charge in [0, 0.05) is 24.7 Å². The minimum Gasteiger partial charge on any atom is -0.477 e. The van der Waals surface area contributed by atoms with Crippen molar-refractivity contribution in [3.8, 4) is 0 Å². The third kappa shape index (κ3) is 4.52. The highest BCUT2D eigenvalue weighted by atomic mass is 32.1. The summed E-state index contributed by atoms with van der Waals surface area (Å²) in [6, 6.07) is 12.9. The lowest BCUT2D eigenvalue weighted by Crippen LogP contribution is -2.37. The summed E-state index contributed by atoms with van der Waals surface area (Å²) >= 11 is 1.26. The van der Waals surface area contributed by atoms with Crippen LogP contribution in [0.3, 0.4) is 0 Å². The van der Waals surface area contributed by atoms with Crippen molar-refractivity contribution < 1.29 is 14.3 Å². The standard InChI is InChI=1S/C28H30N2O4S/c1-16-12-19(17(2)29-21-7-5-6-18-14-23(27(32)33)35-26(18)21)25-20(13-16)22(31)15-24(34-25)30-10-8-28(3,4)9-11-30/h5-7,12-15,17,29H,8-11H2,1-4H3,(H,32,33). The Bertz CT molecular complexity index is 1490. The Morgan fingerprint density at radius 1 is 1.17 bits per heavy atom. The lowest BCUT2D eigenvalue weighted by molar-refractivity contribution is 0.0702. The first-order valence-electron chi connectivity index (χ1n) is 12.0. The molecule has 0 spiro atoms. The number of piperidine rings is 1. The predicted octanol–water partition coefficient (Wildman–Crippen LogP) is 6.81. The number of nitrogens with one attached hydrogen (secondary N) is 1. The molecular formula is C28H30N2O4S. The van der Waals surface area contributed by atoms with Crippen LogP contribution in [0.1, 0.15) is 60.5 Å². The van der Waals surface area contributed by atoms with Gasteiger partial charge in [-0.15, -0.1) is 11.3 Å². The molecule has 182 valence electrons. The summed E-state index contributed by atoms with van der Waals surface area (Å²) in [5.74, 6) is -0.299. The van der Waals surface area contributed by atoms with Crippen molar-refractivity contribution in [1.82, 2.24) is 0 Å². The van der Waals surface area contributed by atoms with Crippen LogP contribution < -0.4 is 15.6 Å². The number of carboxylic acids is 1. The summed E-state index contributed by atoms with van der Waals surface area (Å²) in [4.78, 5) is 27.1. The quantitative estimate of drug-likeness (QED) is 0.320. The molecule has 2 aromatic heterocycles. The molecule has 0 radical (unpaired) electrons. The highest BCUT2D eigenvalue weighted by molar-refractivity contribution is 7.21. The van der Waals surface area contributed by atoms with Crippen molar-refractivity contribution in [2.75, 3.05) is 23.3 Å².